The number of rotatable bonds is 5. The molecule has 1 heterocycles. The van der Waals surface area contributed by atoms with Crippen molar-refractivity contribution in [2.75, 3.05) is 5.32 Å². The predicted octanol–water partition coefficient (Wildman–Crippen LogP) is 3.01. The van der Waals surface area contributed by atoms with Crippen molar-refractivity contribution in [1.29, 1.82) is 5.26 Å². The summed E-state index contributed by atoms with van der Waals surface area (Å²) < 4.78 is 41.5. The number of Topliss-reactive ketones (excluding diaryl/α,β-unsaturated/α-hetero) is 1. The number of halogens is 3. The van der Waals surface area contributed by atoms with Crippen LogP contribution in [-0.2, 0) is 11.8 Å². The summed E-state index contributed by atoms with van der Waals surface area (Å²) >= 11 is 0. The molecule has 10 heteroatoms. The van der Waals surface area contributed by atoms with Gasteiger partial charge in [-0.05, 0) is 37.6 Å². The van der Waals surface area contributed by atoms with E-state index in [9.17, 15) is 27.6 Å². The van der Waals surface area contributed by atoms with Gasteiger partial charge in [0, 0.05) is 31.3 Å². The van der Waals surface area contributed by atoms with Crippen LogP contribution in [0.4, 0.5) is 18.9 Å². The van der Waals surface area contributed by atoms with Gasteiger partial charge < -0.3 is 15.2 Å². The number of benzene rings is 1. The van der Waals surface area contributed by atoms with E-state index < -0.39 is 47.7 Å². The minimum Gasteiger partial charge on any atom is -0.343 e. The third-order valence-electron chi connectivity index (χ3n) is 5.67. The second-order valence-corrected chi connectivity index (χ2v) is 7.97. The molecule has 1 aliphatic rings. The van der Waals surface area contributed by atoms with E-state index in [0.29, 0.717) is 5.69 Å². The molecule has 2 N–H and O–H groups in total. The number of carbonyl (C=O) groups is 3. The van der Waals surface area contributed by atoms with Crippen molar-refractivity contribution in [3.05, 3.63) is 52.1 Å². The van der Waals surface area contributed by atoms with Crippen molar-refractivity contribution in [2.24, 2.45) is 7.05 Å². The van der Waals surface area contributed by atoms with Gasteiger partial charge in [0.15, 0.2) is 0 Å². The van der Waals surface area contributed by atoms with E-state index >= 15 is 0 Å². The number of alkyl halides is 2. The molecule has 1 saturated carbocycles. The Morgan fingerprint density at radius 2 is 1.85 bits per heavy atom. The van der Waals surface area contributed by atoms with Gasteiger partial charge in [-0.3, -0.25) is 14.4 Å². The normalized spacial score (nSPS) is 15.5. The number of ketones is 1. The molecule has 170 valence electrons. The van der Waals surface area contributed by atoms with E-state index in [1.165, 1.54) is 31.5 Å². The van der Waals surface area contributed by atoms with Crippen LogP contribution in [0.3, 0.4) is 0 Å². The summed E-state index contributed by atoms with van der Waals surface area (Å²) in [6.45, 7) is 2.98. The molecule has 3 rings (SSSR count). The Morgan fingerprint density at radius 3 is 2.39 bits per heavy atom. The minimum atomic E-state index is -3.02. The number of carbonyl (C=O) groups excluding carboxylic acids is 3. The van der Waals surface area contributed by atoms with Crippen LogP contribution in [0.25, 0.3) is 0 Å². The summed E-state index contributed by atoms with van der Waals surface area (Å²) in [5.41, 5.74) is -1.24. The molecule has 1 aliphatic carbocycles. The monoisotopic (exact) mass is 456 g/mol. The van der Waals surface area contributed by atoms with Gasteiger partial charge in [0.2, 0.25) is 0 Å². The van der Waals surface area contributed by atoms with Crippen LogP contribution in [-0.4, -0.2) is 33.6 Å². The summed E-state index contributed by atoms with van der Waals surface area (Å²) in [4.78, 5) is 38.3. The lowest BCUT2D eigenvalue weighted by Gasteiger charge is -2.43. The number of aromatic nitrogens is 1. The lowest BCUT2D eigenvalue weighted by atomic mass is 9.74. The summed E-state index contributed by atoms with van der Waals surface area (Å²) in [5.74, 6) is -4.45. The lowest BCUT2D eigenvalue weighted by Crippen LogP contribution is -2.62. The lowest BCUT2D eigenvalue weighted by molar-refractivity contribution is -0.133. The Kier molecular flexibility index (Phi) is 5.82. The largest absolute Gasteiger partial charge is 0.343 e. The Bertz CT molecular complexity index is 1270. The van der Waals surface area contributed by atoms with E-state index in [1.54, 1.807) is 6.07 Å². The van der Waals surface area contributed by atoms with Gasteiger partial charge in [0.1, 0.15) is 23.1 Å². The third-order valence-corrected chi connectivity index (χ3v) is 5.67. The zero-order valence-corrected chi connectivity index (χ0v) is 18.0. The van der Waals surface area contributed by atoms with Crippen molar-refractivity contribution in [1.82, 2.24) is 9.88 Å². The molecule has 1 fully saturated rings. The van der Waals surface area contributed by atoms with Gasteiger partial charge in [0.05, 0.1) is 11.1 Å². The van der Waals surface area contributed by atoms with E-state index in [4.69, 9.17) is 11.7 Å². The van der Waals surface area contributed by atoms with Crippen molar-refractivity contribution >= 4 is 23.3 Å². The number of hydrogen-bond acceptors (Lipinski definition) is 4. The second-order valence-electron chi connectivity index (χ2n) is 7.97. The van der Waals surface area contributed by atoms with Gasteiger partial charge in [-0.25, -0.2) is 13.2 Å². The zero-order valence-electron chi connectivity index (χ0n) is 18.0. The van der Waals surface area contributed by atoms with Crippen LogP contribution in [0.1, 0.15) is 50.5 Å². The molecule has 0 aliphatic heterocycles. The highest BCUT2D eigenvalue weighted by molar-refractivity contribution is 6.44. The molecule has 1 aromatic carbocycles. The number of terminal acetylenes is 1. The number of nitriles is 1. The fourth-order valence-electron chi connectivity index (χ4n) is 3.96. The first-order chi connectivity index (χ1) is 15.3. The molecule has 0 atom stereocenters. The van der Waals surface area contributed by atoms with E-state index in [-0.39, 0.29) is 28.1 Å². The fraction of sp³-hybridized carbons (Fsp3) is 0.304. The minimum absolute atomic E-state index is 0.0494. The fourth-order valence-corrected chi connectivity index (χ4v) is 3.96. The van der Waals surface area contributed by atoms with Gasteiger partial charge in [-0.15, -0.1) is 6.42 Å². The average Bonchev–Trinajstić information content (AvgIpc) is 2.95. The Labute approximate surface area is 187 Å². The van der Waals surface area contributed by atoms with E-state index in [2.05, 4.69) is 16.6 Å². The first kappa shape index (κ1) is 23.6. The smallest absolute Gasteiger partial charge is 0.293 e. The van der Waals surface area contributed by atoms with Crippen LogP contribution in [0.2, 0.25) is 0 Å². The van der Waals surface area contributed by atoms with Crippen molar-refractivity contribution in [3.63, 3.8) is 0 Å². The van der Waals surface area contributed by atoms with Crippen LogP contribution in [0.15, 0.2) is 18.2 Å². The Balaban J connectivity index is 1.87. The molecule has 1 aromatic heterocycles. The Morgan fingerprint density at radius 1 is 1.21 bits per heavy atom. The molecule has 2 aromatic rings. The molecule has 0 bridgehead atoms. The maximum absolute atomic E-state index is 13.5. The molecule has 33 heavy (non-hydrogen) atoms. The third kappa shape index (κ3) is 4.20. The number of anilines is 1. The molecule has 0 spiro atoms. The van der Waals surface area contributed by atoms with Crippen molar-refractivity contribution < 1.29 is 27.6 Å². The first-order valence-corrected chi connectivity index (χ1v) is 9.74. The molecule has 2 amide bonds. The number of hydrogen-bond donors (Lipinski definition) is 2. The molecular formula is C23H19F3N4O3. The summed E-state index contributed by atoms with van der Waals surface area (Å²) in [5, 5.41) is 13.7. The van der Waals surface area contributed by atoms with Gasteiger partial charge in [-0.2, -0.15) is 5.26 Å². The highest BCUT2D eigenvalue weighted by Crippen LogP contribution is 2.45. The topological polar surface area (TPSA) is 104 Å². The standard InChI is InChI=1S/C23H19F3N4O3/c1-5-22(10-23(25,26)11-22)29-21(33)19(31)17-12(2)18(30(4)13(17)3)20(32)28-15-6-7-16(24)14(8-15)9-27/h1,6-8H,10-11H2,2-4H3,(H,28,32)(H,29,33). The summed E-state index contributed by atoms with van der Waals surface area (Å²) in [6.07, 6.45) is 3.77. The molecular weight excluding hydrogens is 437 g/mol. The summed E-state index contributed by atoms with van der Waals surface area (Å²) in [6, 6.07) is 5.13. The van der Waals surface area contributed by atoms with Crippen molar-refractivity contribution in [3.8, 4) is 18.4 Å². The maximum Gasteiger partial charge on any atom is 0.293 e. The maximum atomic E-state index is 13.5. The zero-order chi connectivity index (χ0) is 24.7. The molecule has 7 nitrogen and oxygen atoms in total. The van der Waals surface area contributed by atoms with Crippen LogP contribution in [0, 0.1) is 43.3 Å². The van der Waals surface area contributed by atoms with Gasteiger partial charge in [-0.1, -0.05) is 5.92 Å². The molecule has 0 unspecified atom stereocenters. The van der Waals surface area contributed by atoms with Gasteiger partial charge in [0.25, 0.3) is 23.5 Å². The quantitative estimate of drug-likeness (QED) is 0.410. The number of amides is 2. The highest BCUT2D eigenvalue weighted by atomic mass is 19.3. The molecule has 0 radical (unpaired) electrons. The molecule has 0 saturated heterocycles. The number of nitrogens with one attached hydrogen (secondary N) is 2. The van der Waals surface area contributed by atoms with E-state index in [0.717, 1.165) is 12.1 Å². The SMILES string of the molecule is C#CC1(NC(=O)C(=O)c2c(C)c(C(=O)Nc3ccc(F)c(C#N)c3)n(C)c2C)CC(F)(F)C1. The van der Waals surface area contributed by atoms with E-state index in [1.807, 2.05) is 0 Å². The number of nitrogens with zero attached hydrogens (tertiary/aromatic N) is 2. The van der Waals surface area contributed by atoms with Crippen LogP contribution >= 0.6 is 0 Å². The van der Waals surface area contributed by atoms with Crippen molar-refractivity contribution in [2.45, 2.75) is 38.2 Å². The predicted molar refractivity (Wildman–Crippen MR) is 112 cm³/mol. The Hall–Kier alpha value is -4.05. The van der Waals surface area contributed by atoms with Crippen LogP contribution in [0.5, 0.6) is 0 Å². The summed E-state index contributed by atoms with van der Waals surface area (Å²) in [7, 11) is 1.51. The highest BCUT2D eigenvalue weighted by Gasteiger charge is 2.57. The average molecular weight is 456 g/mol. The first-order valence-electron chi connectivity index (χ1n) is 9.74. The van der Waals surface area contributed by atoms with Gasteiger partial charge >= 0.3 is 0 Å². The second kappa shape index (κ2) is 8.14. The van der Waals surface area contributed by atoms with Crippen LogP contribution < -0.4 is 10.6 Å².